The first kappa shape index (κ1) is 19.6. The van der Waals surface area contributed by atoms with Gasteiger partial charge in [-0.05, 0) is 19.6 Å². The number of hydrogen-bond acceptors (Lipinski definition) is 2. The van der Waals surface area contributed by atoms with E-state index < -0.39 is 5.97 Å². The van der Waals surface area contributed by atoms with Gasteiger partial charge in [-0.15, -0.1) is 23.2 Å². The predicted octanol–water partition coefficient (Wildman–Crippen LogP) is 2.86. The fourth-order valence-corrected chi connectivity index (χ4v) is 0.671. The third-order valence-corrected chi connectivity index (χ3v) is 1.34. The van der Waals surface area contributed by atoms with Crippen LogP contribution >= 0.6 is 23.2 Å². The van der Waals surface area contributed by atoms with Crippen molar-refractivity contribution in [3.8, 4) is 0 Å². The molecule has 5 heteroatoms. The van der Waals surface area contributed by atoms with E-state index in [4.69, 9.17) is 33.1 Å². The van der Waals surface area contributed by atoms with Crippen molar-refractivity contribution < 1.29 is 9.90 Å². The van der Waals surface area contributed by atoms with Gasteiger partial charge in [0.15, 0.2) is 0 Å². The molecule has 14 heavy (non-hydrogen) atoms. The Morgan fingerprint density at radius 3 is 1.29 bits per heavy atom. The summed E-state index contributed by atoms with van der Waals surface area (Å²) in [5, 5.41) is 7.61. The van der Waals surface area contributed by atoms with Crippen LogP contribution in [0.5, 0.6) is 0 Å². The molecule has 0 saturated heterocycles. The minimum absolute atomic E-state index is 0.194. The van der Waals surface area contributed by atoms with Crippen molar-refractivity contribution in [1.29, 1.82) is 0 Å². The molecule has 0 aromatic heterocycles. The molecule has 0 aliphatic carbocycles. The van der Waals surface area contributed by atoms with E-state index in [0.717, 1.165) is 6.92 Å². The van der Waals surface area contributed by atoms with Crippen LogP contribution in [0.3, 0.4) is 0 Å². The quantitative estimate of drug-likeness (QED) is 0.778. The fraction of sp³-hybridized carbons (Fsp3) is 0.889. The number of aliphatic carboxylic acids is 1. The van der Waals surface area contributed by atoms with E-state index in [1.165, 1.54) is 19.6 Å². The van der Waals surface area contributed by atoms with Crippen LogP contribution in [0, 0.1) is 0 Å². The molecule has 0 unspecified atom stereocenters. The zero-order valence-electron chi connectivity index (χ0n) is 9.39. The van der Waals surface area contributed by atoms with Crippen molar-refractivity contribution in [3.05, 3.63) is 0 Å². The lowest BCUT2D eigenvalue weighted by atomic mass is 10.5. The smallest absolute Gasteiger partial charge is 0.300 e. The molecule has 1 N–H and O–H groups in total. The standard InChI is InChI=1S/C6H15N.C2H4O2.CH2Cl2/c1-4-7(5-2)6-3;1-2(3)4;2-1-3/h4-6H2,1-3H3;1H3,(H,3,4);1H2. The number of carbonyl (C=O) groups is 1. The van der Waals surface area contributed by atoms with Crippen molar-refractivity contribution in [2.75, 3.05) is 25.0 Å². The van der Waals surface area contributed by atoms with E-state index >= 15 is 0 Å². The highest BCUT2D eigenvalue weighted by atomic mass is 35.5. The predicted molar refractivity (Wildman–Crippen MR) is 63.3 cm³/mol. The van der Waals surface area contributed by atoms with Crippen molar-refractivity contribution in [2.24, 2.45) is 0 Å². The number of halogens is 2. The normalized spacial score (nSPS) is 8.21. The van der Waals surface area contributed by atoms with Gasteiger partial charge in [-0.25, -0.2) is 0 Å². The first-order chi connectivity index (χ1) is 6.49. The van der Waals surface area contributed by atoms with Crippen LogP contribution in [0.25, 0.3) is 0 Å². The second-order valence-electron chi connectivity index (χ2n) is 2.24. The zero-order valence-corrected chi connectivity index (χ0v) is 10.9. The summed E-state index contributed by atoms with van der Waals surface area (Å²) in [6, 6.07) is 0. The Balaban J connectivity index is -0.000000147. The molecule has 0 aromatic rings. The average molecular weight is 246 g/mol. The molecule has 0 bridgehead atoms. The highest BCUT2D eigenvalue weighted by Crippen LogP contribution is 1.81. The van der Waals surface area contributed by atoms with Gasteiger partial charge in [0.05, 0.1) is 5.34 Å². The molecule has 0 saturated carbocycles. The monoisotopic (exact) mass is 245 g/mol. The second kappa shape index (κ2) is 18.7. The Morgan fingerprint density at radius 2 is 1.29 bits per heavy atom. The number of carboxylic acids is 1. The third kappa shape index (κ3) is 40.3. The fourth-order valence-electron chi connectivity index (χ4n) is 0.671. The van der Waals surface area contributed by atoms with Crippen molar-refractivity contribution in [1.82, 2.24) is 4.90 Å². The van der Waals surface area contributed by atoms with Gasteiger partial charge in [-0.1, -0.05) is 20.8 Å². The van der Waals surface area contributed by atoms with Gasteiger partial charge < -0.3 is 10.0 Å². The van der Waals surface area contributed by atoms with Crippen LogP contribution in [0.1, 0.15) is 27.7 Å². The van der Waals surface area contributed by atoms with E-state index in [2.05, 4.69) is 25.7 Å². The van der Waals surface area contributed by atoms with Crippen LogP contribution in [0.15, 0.2) is 0 Å². The Kier molecular flexibility index (Phi) is 26.2. The summed E-state index contributed by atoms with van der Waals surface area (Å²) in [4.78, 5) is 11.4. The van der Waals surface area contributed by atoms with Crippen molar-refractivity contribution in [3.63, 3.8) is 0 Å². The molecular weight excluding hydrogens is 225 g/mol. The number of hydrogen-bond donors (Lipinski definition) is 1. The van der Waals surface area contributed by atoms with E-state index in [1.807, 2.05) is 0 Å². The molecule has 0 spiro atoms. The first-order valence-corrected chi connectivity index (χ1v) is 5.60. The van der Waals surface area contributed by atoms with Crippen LogP contribution in [-0.4, -0.2) is 40.9 Å². The van der Waals surface area contributed by atoms with Gasteiger partial charge in [-0.3, -0.25) is 4.79 Å². The van der Waals surface area contributed by atoms with Gasteiger partial charge in [0, 0.05) is 6.92 Å². The number of carboxylic acid groups (broad SMARTS) is 1. The SMILES string of the molecule is CC(=O)O.CCN(CC)CC.ClCCl. The summed E-state index contributed by atoms with van der Waals surface area (Å²) >= 11 is 9.53. The van der Waals surface area contributed by atoms with E-state index in [-0.39, 0.29) is 5.34 Å². The number of nitrogens with zero attached hydrogens (tertiary/aromatic N) is 1. The first-order valence-electron chi connectivity index (χ1n) is 4.53. The Labute approximate surface area is 97.0 Å². The topological polar surface area (TPSA) is 40.5 Å². The molecule has 0 aliphatic rings. The summed E-state index contributed by atoms with van der Waals surface area (Å²) in [5.74, 6) is -0.833. The van der Waals surface area contributed by atoms with Crippen molar-refractivity contribution >= 4 is 29.2 Å². The van der Waals surface area contributed by atoms with Gasteiger partial charge >= 0.3 is 0 Å². The molecule has 0 rings (SSSR count). The zero-order chi connectivity index (χ0) is 12.0. The lowest BCUT2D eigenvalue weighted by Crippen LogP contribution is -2.21. The summed E-state index contributed by atoms with van der Waals surface area (Å²) in [5.41, 5.74) is 0. The summed E-state index contributed by atoms with van der Waals surface area (Å²) in [6.07, 6.45) is 0. The molecule has 0 radical (unpaired) electrons. The molecule has 0 amide bonds. The second-order valence-corrected chi connectivity index (χ2v) is 3.05. The van der Waals surface area contributed by atoms with Crippen molar-refractivity contribution in [2.45, 2.75) is 27.7 Å². The maximum Gasteiger partial charge on any atom is 0.300 e. The van der Waals surface area contributed by atoms with Gasteiger partial charge in [0.25, 0.3) is 5.97 Å². The van der Waals surface area contributed by atoms with Gasteiger partial charge in [0.2, 0.25) is 0 Å². The highest BCUT2D eigenvalue weighted by Gasteiger charge is 1.89. The number of rotatable bonds is 3. The van der Waals surface area contributed by atoms with Crippen LogP contribution in [-0.2, 0) is 4.79 Å². The van der Waals surface area contributed by atoms with Gasteiger partial charge in [0.1, 0.15) is 0 Å². The third-order valence-electron chi connectivity index (χ3n) is 1.34. The Morgan fingerprint density at radius 1 is 1.14 bits per heavy atom. The molecule has 0 fully saturated rings. The van der Waals surface area contributed by atoms with Gasteiger partial charge in [-0.2, -0.15) is 0 Å². The molecule has 0 aliphatic heterocycles. The Bertz CT molecular complexity index is 99.5. The molecule has 0 aromatic carbocycles. The van der Waals surface area contributed by atoms with E-state index in [0.29, 0.717) is 0 Å². The maximum atomic E-state index is 9.00. The summed E-state index contributed by atoms with van der Waals surface area (Å²) in [6.45, 7) is 11.2. The van der Waals surface area contributed by atoms with Crippen LogP contribution < -0.4 is 0 Å². The van der Waals surface area contributed by atoms with Crippen LogP contribution in [0.2, 0.25) is 0 Å². The van der Waals surface area contributed by atoms with E-state index in [9.17, 15) is 0 Å². The van der Waals surface area contributed by atoms with E-state index in [1.54, 1.807) is 0 Å². The Hall–Kier alpha value is 0.01000. The summed E-state index contributed by atoms with van der Waals surface area (Å²) < 4.78 is 0. The highest BCUT2D eigenvalue weighted by molar-refractivity contribution is 6.40. The average Bonchev–Trinajstić information content (AvgIpc) is 2.08. The summed E-state index contributed by atoms with van der Waals surface area (Å²) in [7, 11) is 0. The molecular formula is C9H21Cl2NO2. The lowest BCUT2D eigenvalue weighted by molar-refractivity contribution is -0.134. The minimum Gasteiger partial charge on any atom is -0.481 e. The molecule has 0 heterocycles. The number of alkyl halides is 2. The molecule has 0 atom stereocenters. The van der Waals surface area contributed by atoms with Crippen LogP contribution in [0.4, 0.5) is 0 Å². The minimum atomic E-state index is -0.833. The molecule has 88 valence electrons. The largest absolute Gasteiger partial charge is 0.481 e. The maximum absolute atomic E-state index is 9.00. The lowest BCUT2D eigenvalue weighted by Gasteiger charge is -2.13. The molecule has 3 nitrogen and oxygen atoms in total.